The molecule has 0 saturated carbocycles. The Morgan fingerprint density at radius 3 is 2.70 bits per heavy atom. The van der Waals surface area contributed by atoms with Crippen LogP contribution in [0.15, 0.2) is 53.0 Å². The van der Waals surface area contributed by atoms with Gasteiger partial charge < -0.3 is 10.1 Å². The number of fused-ring (bicyclic) bond motifs is 1. The van der Waals surface area contributed by atoms with E-state index in [0.717, 1.165) is 6.07 Å². The Morgan fingerprint density at radius 1 is 1.15 bits per heavy atom. The highest BCUT2D eigenvalue weighted by Crippen LogP contribution is 2.37. The van der Waals surface area contributed by atoms with Crippen molar-refractivity contribution in [2.75, 3.05) is 11.9 Å². The highest BCUT2D eigenvalue weighted by atomic mass is 79.9. The number of ether oxygens (including phenoxy) is 1. The minimum atomic E-state index is -4.59. The maximum Gasteiger partial charge on any atom is 0.435 e. The number of hydrogen-bond donors (Lipinski definition) is 1. The van der Waals surface area contributed by atoms with Gasteiger partial charge in [-0.05, 0) is 42.5 Å². The highest BCUT2D eigenvalue weighted by molar-refractivity contribution is 9.10. The molecule has 1 N–H and O–H groups in total. The van der Waals surface area contributed by atoms with Crippen LogP contribution in [0.3, 0.4) is 0 Å². The largest absolute Gasteiger partial charge is 0.482 e. The van der Waals surface area contributed by atoms with Crippen molar-refractivity contribution < 1.29 is 22.7 Å². The molecule has 2 heterocycles. The van der Waals surface area contributed by atoms with Crippen molar-refractivity contribution in [2.45, 2.75) is 6.18 Å². The lowest BCUT2D eigenvalue weighted by Crippen LogP contribution is -2.25. The molecule has 1 aliphatic heterocycles. The fraction of sp³-hybridized carbons (Fsp3) is 0.111. The topological polar surface area (TPSA) is 56.1 Å². The van der Waals surface area contributed by atoms with Crippen LogP contribution in [0.4, 0.5) is 18.9 Å². The Bertz CT molecular complexity index is 1050. The fourth-order valence-corrected chi connectivity index (χ4v) is 3.16. The normalized spacial score (nSPS) is 13.7. The van der Waals surface area contributed by atoms with E-state index in [2.05, 4.69) is 26.3 Å². The Morgan fingerprint density at radius 2 is 1.96 bits per heavy atom. The van der Waals surface area contributed by atoms with Gasteiger partial charge in [0, 0.05) is 10.0 Å². The average molecular weight is 438 g/mol. The smallest absolute Gasteiger partial charge is 0.435 e. The molecular weight excluding hydrogens is 427 g/mol. The molecule has 0 fully saturated rings. The van der Waals surface area contributed by atoms with Crippen molar-refractivity contribution in [1.82, 2.24) is 9.78 Å². The summed E-state index contributed by atoms with van der Waals surface area (Å²) in [5.74, 6) is 0.138. The molecule has 0 atom stereocenters. The molecule has 1 aromatic heterocycles. The zero-order chi connectivity index (χ0) is 19.2. The third kappa shape index (κ3) is 3.42. The number of carbonyl (C=O) groups is 1. The van der Waals surface area contributed by atoms with Gasteiger partial charge >= 0.3 is 6.18 Å². The quantitative estimate of drug-likeness (QED) is 0.634. The maximum absolute atomic E-state index is 13.3. The predicted octanol–water partition coefficient (Wildman–Crippen LogP) is 4.65. The second kappa shape index (κ2) is 6.41. The number of amides is 1. The van der Waals surface area contributed by atoms with Gasteiger partial charge in [-0.15, -0.1) is 0 Å². The third-order valence-electron chi connectivity index (χ3n) is 3.96. The first-order chi connectivity index (χ1) is 12.8. The molecule has 5 nitrogen and oxygen atoms in total. The Kier molecular flexibility index (Phi) is 4.18. The molecule has 4 rings (SSSR count). The molecule has 2 aromatic carbocycles. The van der Waals surface area contributed by atoms with Gasteiger partial charge in [0.2, 0.25) is 0 Å². The number of halogens is 4. The van der Waals surface area contributed by atoms with Gasteiger partial charge in [-0.3, -0.25) is 4.79 Å². The minimum absolute atomic E-state index is 0.0967. The number of aromatic nitrogens is 2. The molecule has 3 aromatic rings. The van der Waals surface area contributed by atoms with Gasteiger partial charge in [-0.25, -0.2) is 4.68 Å². The monoisotopic (exact) mass is 437 g/mol. The Hall–Kier alpha value is -2.81. The van der Waals surface area contributed by atoms with Gasteiger partial charge in [-0.1, -0.05) is 22.0 Å². The summed E-state index contributed by atoms with van der Waals surface area (Å²) in [5.41, 5.74) is 0.563. The SMILES string of the molecule is O=C1COc2ccc(-c3cc(C(F)(F)F)nn3-c3cccc(Br)c3)cc2N1. The van der Waals surface area contributed by atoms with E-state index in [9.17, 15) is 18.0 Å². The molecule has 0 spiro atoms. The molecule has 27 heavy (non-hydrogen) atoms. The summed E-state index contributed by atoms with van der Waals surface area (Å²) in [6.07, 6.45) is -4.59. The second-order valence-corrected chi connectivity index (χ2v) is 6.77. The minimum Gasteiger partial charge on any atom is -0.482 e. The molecular formula is C18H11BrF3N3O2. The van der Waals surface area contributed by atoms with Crippen LogP contribution < -0.4 is 10.1 Å². The molecule has 0 radical (unpaired) electrons. The summed E-state index contributed by atoms with van der Waals surface area (Å²) in [7, 11) is 0. The first kappa shape index (κ1) is 17.6. The number of rotatable bonds is 2. The molecule has 0 bridgehead atoms. The van der Waals surface area contributed by atoms with Gasteiger partial charge in [0.25, 0.3) is 5.91 Å². The number of carbonyl (C=O) groups excluding carboxylic acids is 1. The van der Waals surface area contributed by atoms with E-state index in [1.54, 1.807) is 42.5 Å². The summed E-state index contributed by atoms with van der Waals surface area (Å²) < 4.78 is 47.0. The second-order valence-electron chi connectivity index (χ2n) is 5.85. The summed E-state index contributed by atoms with van der Waals surface area (Å²) in [6, 6.07) is 12.6. The number of nitrogens with one attached hydrogen (secondary N) is 1. The third-order valence-corrected chi connectivity index (χ3v) is 4.45. The van der Waals surface area contributed by atoms with E-state index in [-0.39, 0.29) is 18.2 Å². The van der Waals surface area contributed by atoms with Crippen molar-refractivity contribution in [3.05, 3.63) is 58.7 Å². The number of anilines is 1. The maximum atomic E-state index is 13.3. The molecule has 0 unspecified atom stereocenters. The molecule has 0 saturated heterocycles. The Labute approximate surface area is 159 Å². The van der Waals surface area contributed by atoms with Crippen molar-refractivity contribution in [3.63, 3.8) is 0 Å². The van der Waals surface area contributed by atoms with Crippen molar-refractivity contribution in [1.29, 1.82) is 0 Å². The fourth-order valence-electron chi connectivity index (χ4n) is 2.77. The van der Waals surface area contributed by atoms with E-state index in [0.29, 0.717) is 27.2 Å². The first-order valence-corrected chi connectivity index (χ1v) is 8.61. The predicted molar refractivity (Wildman–Crippen MR) is 95.8 cm³/mol. The van der Waals surface area contributed by atoms with Crippen molar-refractivity contribution in [3.8, 4) is 22.7 Å². The van der Waals surface area contributed by atoms with Gasteiger partial charge in [0.1, 0.15) is 5.75 Å². The molecule has 1 aliphatic rings. The van der Waals surface area contributed by atoms with Gasteiger partial charge in [0.05, 0.1) is 17.1 Å². The van der Waals surface area contributed by atoms with E-state index in [4.69, 9.17) is 4.74 Å². The van der Waals surface area contributed by atoms with Crippen LogP contribution in [0.25, 0.3) is 16.9 Å². The lowest BCUT2D eigenvalue weighted by Gasteiger charge is -2.18. The average Bonchev–Trinajstić information content (AvgIpc) is 3.07. The molecule has 1 amide bonds. The van der Waals surface area contributed by atoms with Crippen LogP contribution in [0.2, 0.25) is 0 Å². The van der Waals surface area contributed by atoms with E-state index in [1.165, 1.54) is 4.68 Å². The van der Waals surface area contributed by atoms with Crippen molar-refractivity contribution in [2.24, 2.45) is 0 Å². The van der Waals surface area contributed by atoms with Crippen LogP contribution in [-0.2, 0) is 11.0 Å². The summed E-state index contributed by atoms with van der Waals surface area (Å²) in [5, 5.41) is 6.40. The molecule has 138 valence electrons. The lowest BCUT2D eigenvalue weighted by atomic mass is 10.1. The van der Waals surface area contributed by atoms with Crippen LogP contribution in [0.1, 0.15) is 5.69 Å². The van der Waals surface area contributed by atoms with Crippen LogP contribution >= 0.6 is 15.9 Å². The zero-order valence-corrected chi connectivity index (χ0v) is 15.1. The first-order valence-electron chi connectivity index (χ1n) is 7.81. The van der Waals surface area contributed by atoms with E-state index >= 15 is 0 Å². The molecule has 0 aliphatic carbocycles. The summed E-state index contributed by atoms with van der Waals surface area (Å²) in [4.78, 5) is 11.5. The van der Waals surface area contributed by atoms with E-state index in [1.807, 2.05) is 0 Å². The van der Waals surface area contributed by atoms with Crippen molar-refractivity contribution >= 4 is 27.5 Å². The number of alkyl halides is 3. The summed E-state index contributed by atoms with van der Waals surface area (Å²) in [6.45, 7) is -0.0967. The van der Waals surface area contributed by atoms with Gasteiger partial charge in [-0.2, -0.15) is 18.3 Å². The number of benzene rings is 2. The summed E-state index contributed by atoms with van der Waals surface area (Å²) >= 11 is 3.32. The Balaban J connectivity index is 1.88. The number of nitrogens with zero attached hydrogens (tertiary/aromatic N) is 2. The highest BCUT2D eigenvalue weighted by Gasteiger charge is 2.35. The van der Waals surface area contributed by atoms with Crippen LogP contribution in [0, 0.1) is 0 Å². The zero-order valence-electron chi connectivity index (χ0n) is 13.5. The van der Waals surface area contributed by atoms with Crippen LogP contribution in [-0.4, -0.2) is 22.3 Å². The van der Waals surface area contributed by atoms with Crippen LogP contribution in [0.5, 0.6) is 5.75 Å². The lowest BCUT2D eigenvalue weighted by molar-refractivity contribution is -0.141. The number of hydrogen-bond acceptors (Lipinski definition) is 3. The molecule has 9 heteroatoms. The van der Waals surface area contributed by atoms with E-state index < -0.39 is 11.9 Å². The van der Waals surface area contributed by atoms with Gasteiger partial charge in [0.15, 0.2) is 12.3 Å². The standard InChI is InChI=1S/C18H11BrF3N3O2/c19-11-2-1-3-12(7-11)25-14(8-16(24-25)18(20,21)22)10-4-5-15-13(6-10)23-17(26)9-27-15/h1-8H,9H2,(H,23,26).